The van der Waals surface area contributed by atoms with Crippen LogP contribution in [0.1, 0.15) is 6.42 Å². The second-order valence-corrected chi connectivity index (χ2v) is 4.20. The normalized spacial score (nSPS) is 37.5. The summed E-state index contributed by atoms with van der Waals surface area (Å²) in [5.41, 5.74) is 0. The van der Waals surface area contributed by atoms with Gasteiger partial charge in [0.15, 0.2) is 0 Å². The van der Waals surface area contributed by atoms with Gasteiger partial charge in [-0.3, -0.25) is 9.69 Å². The minimum Gasteiger partial charge on any atom is -0.481 e. The summed E-state index contributed by atoms with van der Waals surface area (Å²) >= 11 is 1.91. The maximum atomic E-state index is 10.6. The predicted molar refractivity (Wildman–Crippen MR) is 43.6 cm³/mol. The summed E-state index contributed by atoms with van der Waals surface area (Å²) in [7, 11) is 0. The molecule has 4 heteroatoms. The van der Waals surface area contributed by atoms with Gasteiger partial charge in [0.05, 0.1) is 5.92 Å². The van der Waals surface area contributed by atoms with Gasteiger partial charge in [-0.1, -0.05) is 0 Å². The van der Waals surface area contributed by atoms with E-state index in [-0.39, 0.29) is 5.92 Å². The first-order valence-corrected chi connectivity index (χ1v) is 4.97. The topological polar surface area (TPSA) is 40.5 Å². The van der Waals surface area contributed by atoms with E-state index in [9.17, 15) is 4.79 Å². The third-order valence-corrected chi connectivity index (χ3v) is 3.58. The second kappa shape index (κ2) is 2.68. The van der Waals surface area contributed by atoms with Gasteiger partial charge in [-0.2, -0.15) is 0 Å². The lowest BCUT2D eigenvalue weighted by atomic mass is 10.1. The molecule has 2 fully saturated rings. The minimum atomic E-state index is -0.621. The Morgan fingerprint density at radius 1 is 1.64 bits per heavy atom. The molecule has 0 spiro atoms. The Hall–Kier alpha value is -0.220. The SMILES string of the molecule is O=C(O)C1CC2CSCN2C1. The lowest BCUT2D eigenvalue weighted by Gasteiger charge is -2.10. The zero-order chi connectivity index (χ0) is 7.84. The lowest BCUT2D eigenvalue weighted by Crippen LogP contribution is -2.24. The predicted octanol–water partition coefficient (Wildman–Crippen LogP) is 0.466. The lowest BCUT2D eigenvalue weighted by molar-refractivity contribution is -0.141. The minimum absolute atomic E-state index is 0.0964. The molecule has 11 heavy (non-hydrogen) atoms. The van der Waals surface area contributed by atoms with E-state index in [2.05, 4.69) is 4.90 Å². The molecule has 0 aliphatic carbocycles. The maximum absolute atomic E-state index is 10.6. The van der Waals surface area contributed by atoms with Crippen LogP contribution in [0.25, 0.3) is 0 Å². The van der Waals surface area contributed by atoms with Crippen molar-refractivity contribution in [1.29, 1.82) is 0 Å². The molecule has 2 heterocycles. The van der Waals surface area contributed by atoms with Crippen molar-refractivity contribution in [2.24, 2.45) is 5.92 Å². The van der Waals surface area contributed by atoms with E-state index in [0.29, 0.717) is 6.04 Å². The average Bonchev–Trinajstić information content (AvgIpc) is 2.40. The van der Waals surface area contributed by atoms with E-state index in [1.54, 1.807) is 0 Å². The molecular weight excluding hydrogens is 162 g/mol. The summed E-state index contributed by atoms with van der Waals surface area (Å²) in [5, 5.41) is 8.73. The van der Waals surface area contributed by atoms with Gasteiger partial charge in [-0.15, -0.1) is 11.8 Å². The number of hydrogen-bond donors (Lipinski definition) is 1. The van der Waals surface area contributed by atoms with Gasteiger partial charge in [-0.05, 0) is 6.42 Å². The summed E-state index contributed by atoms with van der Waals surface area (Å²) in [4.78, 5) is 12.9. The van der Waals surface area contributed by atoms with Crippen molar-refractivity contribution in [2.75, 3.05) is 18.2 Å². The Bertz CT molecular complexity index is 173. The van der Waals surface area contributed by atoms with Gasteiger partial charge in [0.2, 0.25) is 0 Å². The van der Waals surface area contributed by atoms with Crippen molar-refractivity contribution in [3.63, 3.8) is 0 Å². The molecule has 2 atom stereocenters. The monoisotopic (exact) mass is 173 g/mol. The third kappa shape index (κ3) is 1.25. The fourth-order valence-electron chi connectivity index (χ4n) is 1.80. The molecule has 2 rings (SSSR count). The molecule has 0 bridgehead atoms. The molecule has 0 saturated carbocycles. The van der Waals surface area contributed by atoms with Crippen molar-refractivity contribution in [3.8, 4) is 0 Å². The molecule has 2 saturated heterocycles. The fraction of sp³-hybridized carbons (Fsp3) is 0.857. The summed E-state index contributed by atoms with van der Waals surface area (Å²) < 4.78 is 0. The molecule has 2 unspecified atom stereocenters. The number of carboxylic acids is 1. The van der Waals surface area contributed by atoms with Crippen LogP contribution in [0.15, 0.2) is 0 Å². The molecule has 2 aliphatic heterocycles. The number of hydrogen-bond acceptors (Lipinski definition) is 3. The van der Waals surface area contributed by atoms with Crippen molar-refractivity contribution in [1.82, 2.24) is 4.90 Å². The molecule has 3 nitrogen and oxygen atoms in total. The highest BCUT2D eigenvalue weighted by Gasteiger charge is 2.38. The first-order chi connectivity index (χ1) is 5.27. The van der Waals surface area contributed by atoms with Crippen LogP contribution in [0, 0.1) is 5.92 Å². The van der Waals surface area contributed by atoms with Crippen molar-refractivity contribution >= 4 is 17.7 Å². The van der Waals surface area contributed by atoms with E-state index in [1.165, 1.54) is 0 Å². The summed E-state index contributed by atoms with van der Waals surface area (Å²) in [6.45, 7) is 0.771. The molecule has 0 aromatic carbocycles. The van der Waals surface area contributed by atoms with Gasteiger partial charge in [0.1, 0.15) is 0 Å². The number of nitrogens with zero attached hydrogens (tertiary/aromatic N) is 1. The van der Waals surface area contributed by atoms with E-state index in [0.717, 1.165) is 24.6 Å². The molecule has 0 amide bonds. The van der Waals surface area contributed by atoms with E-state index in [1.807, 2.05) is 11.8 Å². The first kappa shape index (κ1) is 7.43. The molecule has 0 aromatic rings. The van der Waals surface area contributed by atoms with E-state index in [4.69, 9.17) is 5.11 Å². The largest absolute Gasteiger partial charge is 0.481 e. The van der Waals surface area contributed by atoms with Crippen LogP contribution < -0.4 is 0 Å². The van der Waals surface area contributed by atoms with Crippen LogP contribution in [0.2, 0.25) is 0 Å². The molecule has 2 aliphatic rings. The quantitative estimate of drug-likeness (QED) is 0.625. The number of carboxylic acid groups (broad SMARTS) is 1. The number of carbonyl (C=O) groups is 1. The zero-order valence-corrected chi connectivity index (χ0v) is 7.01. The molecular formula is C7H11NO2S. The third-order valence-electron chi connectivity index (χ3n) is 2.44. The summed E-state index contributed by atoms with van der Waals surface area (Å²) in [5.74, 6) is 1.45. The highest BCUT2D eigenvalue weighted by atomic mass is 32.2. The smallest absolute Gasteiger partial charge is 0.307 e. The highest BCUT2D eigenvalue weighted by molar-refractivity contribution is 7.99. The van der Waals surface area contributed by atoms with Gasteiger partial charge < -0.3 is 5.11 Å². The Morgan fingerprint density at radius 3 is 3.09 bits per heavy atom. The van der Waals surface area contributed by atoms with Crippen molar-refractivity contribution < 1.29 is 9.90 Å². The summed E-state index contributed by atoms with van der Waals surface area (Å²) in [6.07, 6.45) is 0.863. The van der Waals surface area contributed by atoms with Crippen LogP contribution in [-0.2, 0) is 4.79 Å². The Kier molecular flexibility index (Phi) is 1.81. The number of rotatable bonds is 1. The van der Waals surface area contributed by atoms with Crippen LogP contribution in [0.4, 0.5) is 0 Å². The fourth-order valence-corrected chi connectivity index (χ4v) is 3.08. The number of fused-ring (bicyclic) bond motifs is 1. The van der Waals surface area contributed by atoms with Gasteiger partial charge in [0, 0.05) is 24.2 Å². The van der Waals surface area contributed by atoms with Crippen molar-refractivity contribution in [2.45, 2.75) is 12.5 Å². The maximum Gasteiger partial charge on any atom is 0.307 e. The molecule has 0 radical (unpaired) electrons. The van der Waals surface area contributed by atoms with Gasteiger partial charge in [0.25, 0.3) is 0 Å². The highest BCUT2D eigenvalue weighted by Crippen LogP contribution is 2.32. The molecule has 1 N–H and O–H groups in total. The average molecular weight is 173 g/mol. The van der Waals surface area contributed by atoms with Crippen LogP contribution in [0.5, 0.6) is 0 Å². The zero-order valence-electron chi connectivity index (χ0n) is 6.19. The van der Waals surface area contributed by atoms with Gasteiger partial charge in [-0.25, -0.2) is 0 Å². The standard InChI is InChI=1S/C7H11NO2S/c9-7(10)5-1-6-3-11-4-8(6)2-5/h5-6H,1-4H2,(H,9,10). The van der Waals surface area contributed by atoms with Crippen LogP contribution >= 0.6 is 11.8 Å². The number of thioether (sulfide) groups is 1. The summed E-state index contributed by atoms with van der Waals surface area (Å²) in [6, 6.07) is 0.557. The van der Waals surface area contributed by atoms with Gasteiger partial charge >= 0.3 is 5.97 Å². The first-order valence-electron chi connectivity index (χ1n) is 3.82. The second-order valence-electron chi connectivity index (χ2n) is 3.20. The van der Waals surface area contributed by atoms with E-state index >= 15 is 0 Å². The Balaban J connectivity index is 1.99. The Labute approximate surface area is 69.8 Å². The van der Waals surface area contributed by atoms with E-state index < -0.39 is 5.97 Å². The molecule has 0 aromatic heterocycles. The number of aliphatic carboxylic acids is 1. The van der Waals surface area contributed by atoms with Crippen molar-refractivity contribution in [3.05, 3.63) is 0 Å². The Morgan fingerprint density at radius 2 is 2.45 bits per heavy atom. The molecule has 62 valence electrons. The van der Waals surface area contributed by atoms with Crippen LogP contribution in [0.3, 0.4) is 0 Å². The van der Waals surface area contributed by atoms with Crippen LogP contribution in [-0.4, -0.2) is 40.2 Å².